The van der Waals surface area contributed by atoms with Crippen molar-refractivity contribution in [3.63, 3.8) is 0 Å². The van der Waals surface area contributed by atoms with Crippen molar-refractivity contribution in [1.82, 2.24) is 15.3 Å². The van der Waals surface area contributed by atoms with Gasteiger partial charge in [-0.15, -0.1) is 0 Å². The van der Waals surface area contributed by atoms with Crippen molar-refractivity contribution >= 4 is 0 Å². The highest BCUT2D eigenvalue weighted by atomic mass is 16.5. The van der Waals surface area contributed by atoms with Gasteiger partial charge in [0, 0.05) is 25.4 Å². The maximum absolute atomic E-state index is 5.24. The Balaban J connectivity index is 2.07. The van der Waals surface area contributed by atoms with E-state index in [1.807, 2.05) is 19.9 Å². The molecule has 1 fully saturated rings. The lowest BCUT2D eigenvalue weighted by atomic mass is 10.3. The summed E-state index contributed by atoms with van der Waals surface area (Å²) >= 11 is 0. The first-order chi connectivity index (χ1) is 7.69. The maximum Gasteiger partial charge on any atom is 0.157 e. The van der Waals surface area contributed by atoms with Crippen molar-refractivity contribution in [1.29, 1.82) is 0 Å². The SMILES string of the molecule is COC(C)c1nc(C)cc(CNC2CC2)n1. The number of aromatic nitrogens is 2. The Morgan fingerprint density at radius 2 is 2.25 bits per heavy atom. The van der Waals surface area contributed by atoms with E-state index in [4.69, 9.17) is 4.74 Å². The summed E-state index contributed by atoms with van der Waals surface area (Å²) in [6.07, 6.45) is 2.55. The summed E-state index contributed by atoms with van der Waals surface area (Å²) in [5.74, 6) is 0.773. The van der Waals surface area contributed by atoms with Gasteiger partial charge in [0.05, 0.1) is 5.69 Å². The molecule has 1 aromatic heterocycles. The monoisotopic (exact) mass is 221 g/mol. The van der Waals surface area contributed by atoms with Crippen molar-refractivity contribution in [2.45, 2.75) is 45.4 Å². The number of nitrogens with zero attached hydrogens (tertiary/aromatic N) is 2. The van der Waals surface area contributed by atoms with E-state index in [2.05, 4.69) is 15.3 Å². The second kappa shape index (κ2) is 4.89. The van der Waals surface area contributed by atoms with Crippen LogP contribution >= 0.6 is 0 Å². The highest BCUT2D eigenvalue weighted by Gasteiger charge is 2.20. The minimum Gasteiger partial charge on any atom is -0.374 e. The molecule has 1 unspecified atom stereocenters. The molecule has 2 rings (SSSR count). The van der Waals surface area contributed by atoms with E-state index < -0.39 is 0 Å². The number of aryl methyl sites for hydroxylation is 1. The lowest BCUT2D eigenvalue weighted by Gasteiger charge is -2.11. The van der Waals surface area contributed by atoms with Crippen LogP contribution in [0, 0.1) is 6.92 Å². The average Bonchev–Trinajstić information content (AvgIpc) is 3.08. The molecular formula is C12H19N3O. The van der Waals surface area contributed by atoms with E-state index in [1.54, 1.807) is 7.11 Å². The van der Waals surface area contributed by atoms with Gasteiger partial charge in [0.2, 0.25) is 0 Å². The van der Waals surface area contributed by atoms with Crippen molar-refractivity contribution < 1.29 is 4.74 Å². The van der Waals surface area contributed by atoms with Gasteiger partial charge in [-0.1, -0.05) is 0 Å². The number of hydrogen-bond acceptors (Lipinski definition) is 4. The Kier molecular flexibility index (Phi) is 3.51. The van der Waals surface area contributed by atoms with Gasteiger partial charge in [0.25, 0.3) is 0 Å². The van der Waals surface area contributed by atoms with Crippen LogP contribution in [0.1, 0.15) is 43.1 Å². The van der Waals surface area contributed by atoms with Gasteiger partial charge in [-0.2, -0.15) is 0 Å². The van der Waals surface area contributed by atoms with Crippen LogP contribution in [-0.4, -0.2) is 23.1 Å². The van der Waals surface area contributed by atoms with Gasteiger partial charge in [-0.3, -0.25) is 0 Å². The Hall–Kier alpha value is -1.00. The highest BCUT2D eigenvalue weighted by Crippen LogP contribution is 2.19. The minimum atomic E-state index is -0.0421. The summed E-state index contributed by atoms with van der Waals surface area (Å²) in [5.41, 5.74) is 2.06. The third kappa shape index (κ3) is 3.00. The first kappa shape index (κ1) is 11.5. The summed E-state index contributed by atoms with van der Waals surface area (Å²) < 4.78 is 5.24. The molecule has 4 heteroatoms. The van der Waals surface area contributed by atoms with Crippen LogP contribution in [0.15, 0.2) is 6.07 Å². The second-order valence-corrected chi connectivity index (χ2v) is 4.39. The molecule has 0 saturated heterocycles. The Bertz CT molecular complexity index is 363. The van der Waals surface area contributed by atoms with E-state index in [0.29, 0.717) is 6.04 Å². The van der Waals surface area contributed by atoms with Gasteiger partial charge in [-0.05, 0) is 32.8 Å². The third-order valence-corrected chi connectivity index (χ3v) is 2.79. The van der Waals surface area contributed by atoms with E-state index in [-0.39, 0.29) is 6.10 Å². The summed E-state index contributed by atoms with van der Waals surface area (Å²) in [5, 5.41) is 3.45. The molecule has 1 aliphatic carbocycles. The van der Waals surface area contributed by atoms with E-state index >= 15 is 0 Å². The topological polar surface area (TPSA) is 47.0 Å². The van der Waals surface area contributed by atoms with E-state index in [0.717, 1.165) is 23.8 Å². The lowest BCUT2D eigenvalue weighted by molar-refractivity contribution is 0.111. The van der Waals surface area contributed by atoms with Crippen LogP contribution in [0.3, 0.4) is 0 Å². The van der Waals surface area contributed by atoms with Gasteiger partial charge in [0.15, 0.2) is 5.82 Å². The molecular weight excluding hydrogens is 202 g/mol. The summed E-state index contributed by atoms with van der Waals surface area (Å²) in [4.78, 5) is 8.89. The fraction of sp³-hybridized carbons (Fsp3) is 0.667. The predicted molar refractivity (Wildman–Crippen MR) is 62.1 cm³/mol. The quantitative estimate of drug-likeness (QED) is 0.822. The molecule has 0 aliphatic heterocycles. The van der Waals surface area contributed by atoms with Crippen LogP contribution in [0.4, 0.5) is 0 Å². The Labute approximate surface area is 96.4 Å². The fourth-order valence-corrected chi connectivity index (χ4v) is 1.57. The molecule has 1 aromatic rings. The zero-order valence-electron chi connectivity index (χ0n) is 10.2. The van der Waals surface area contributed by atoms with Crippen LogP contribution in [0.5, 0.6) is 0 Å². The molecule has 16 heavy (non-hydrogen) atoms. The molecule has 88 valence electrons. The van der Waals surface area contributed by atoms with Gasteiger partial charge in [0.1, 0.15) is 6.10 Å². The van der Waals surface area contributed by atoms with Gasteiger partial charge >= 0.3 is 0 Å². The molecule has 1 atom stereocenters. The van der Waals surface area contributed by atoms with E-state index in [1.165, 1.54) is 12.8 Å². The number of nitrogens with one attached hydrogen (secondary N) is 1. The zero-order valence-corrected chi connectivity index (χ0v) is 10.2. The minimum absolute atomic E-state index is 0.0421. The van der Waals surface area contributed by atoms with Crippen molar-refractivity contribution in [3.8, 4) is 0 Å². The third-order valence-electron chi connectivity index (χ3n) is 2.79. The molecule has 1 aliphatic rings. The van der Waals surface area contributed by atoms with Gasteiger partial charge in [-0.25, -0.2) is 9.97 Å². The smallest absolute Gasteiger partial charge is 0.157 e. The molecule has 1 saturated carbocycles. The molecule has 0 amide bonds. The Morgan fingerprint density at radius 1 is 1.50 bits per heavy atom. The second-order valence-electron chi connectivity index (χ2n) is 4.39. The molecule has 1 heterocycles. The molecule has 0 aromatic carbocycles. The predicted octanol–water partition coefficient (Wildman–Crippen LogP) is 1.74. The summed E-state index contributed by atoms with van der Waals surface area (Å²) in [6.45, 7) is 4.79. The first-order valence-electron chi connectivity index (χ1n) is 5.79. The number of rotatable bonds is 5. The highest BCUT2D eigenvalue weighted by molar-refractivity contribution is 5.11. The van der Waals surface area contributed by atoms with Crippen LogP contribution in [-0.2, 0) is 11.3 Å². The molecule has 0 radical (unpaired) electrons. The average molecular weight is 221 g/mol. The normalized spacial score (nSPS) is 17.4. The summed E-state index contributed by atoms with van der Waals surface area (Å²) in [6, 6.07) is 2.74. The van der Waals surface area contributed by atoms with Gasteiger partial charge < -0.3 is 10.1 Å². The van der Waals surface area contributed by atoms with Crippen LogP contribution < -0.4 is 5.32 Å². The largest absolute Gasteiger partial charge is 0.374 e. The molecule has 0 spiro atoms. The zero-order chi connectivity index (χ0) is 11.5. The van der Waals surface area contributed by atoms with Crippen molar-refractivity contribution in [3.05, 3.63) is 23.3 Å². The van der Waals surface area contributed by atoms with E-state index in [9.17, 15) is 0 Å². The summed E-state index contributed by atoms with van der Waals surface area (Å²) in [7, 11) is 1.68. The standard InChI is InChI=1S/C12H19N3O/c1-8-6-11(7-13-10-4-5-10)15-12(14-8)9(2)16-3/h6,9-10,13H,4-5,7H2,1-3H3. The first-order valence-corrected chi connectivity index (χ1v) is 5.79. The lowest BCUT2D eigenvalue weighted by Crippen LogP contribution is -2.17. The molecule has 0 bridgehead atoms. The molecule has 4 nitrogen and oxygen atoms in total. The Morgan fingerprint density at radius 3 is 2.88 bits per heavy atom. The fourth-order valence-electron chi connectivity index (χ4n) is 1.57. The molecule has 1 N–H and O–H groups in total. The van der Waals surface area contributed by atoms with Crippen LogP contribution in [0.2, 0.25) is 0 Å². The van der Waals surface area contributed by atoms with Crippen molar-refractivity contribution in [2.24, 2.45) is 0 Å². The van der Waals surface area contributed by atoms with Crippen molar-refractivity contribution in [2.75, 3.05) is 7.11 Å². The number of methoxy groups -OCH3 is 1. The maximum atomic E-state index is 5.24. The number of hydrogen-bond donors (Lipinski definition) is 1. The number of ether oxygens (including phenoxy) is 1. The van der Waals surface area contributed by atoms with Crippen LogP contribution in [0.25, 0.3) is 0 Å².